The maximum atomic E-state index is 5.32. The van der Waals surface area contributed by atoms with Crippen LogP contribution in [0, 0.1) is 0 Å². The molecule has 3 heterocycles. The second kappa shape index (κ2) is 6.34. The van der Waals surface area contributed by atoms with Crippen LogP contribution in [-0.4, -0.2) is 30.3 Å². The second-order valence-electron chi connectivity index (χ2n) is 6.14. The van der Waals surface area contributed by atoms with E-state index in [4.69, 9.17) is 4.52 Å². The number of nitrogens with zero attached hydrogens (tertiary/aromatic N) is 6. The summed E-state index contributed by atoms with van der Waals surface area (Å²) in [6.45, 7) is 0.453. The van der Waals surface area contributed by atoms with E-state index in [0.29, 0.717) is 24.3 Å². The molecule has 130 valence electrons. The fourth-order valence-electron chi connectivity index (χ4n) is 2.73. The van der Waals surface area contributed by atoms with Crippen molar-refractivity contribution in [2.75, 3.05) is 5.32 Å². The number of tetrazole rings is 1. The normalized spacial score (nSPS) is 13.8. The van der Waals surface area contributed by atoms with Crippen LogP contribution in [0.15, 0.2) is 45.6 Å². The molecule has 0 atom stereocenters. The molecule has 1 N–H and O–H groups in total. The molecule has 1 saturated carbocycles. The lowest BCUT2D eigenvalue weighted by Gasteiger charge is -2.06. The van der Waals surface area contributed by atoms with E-state index < -0.39 is 0 Å². The summed E-state index contributed by atoms with van der Waals surface area (Å²) >= 11 is 1.61. The van der Waals surface area contributed by atoms with E-state index in [1.807, 2.05) is 45.8 Å². The van der Waals surface area contributed by atoms with Gasteiger partial charge in [-0.15, -0.1) is 5.10 Å². The van der Waals surface area contributed by atoms with Crippen molar-refractivity contribution in [2.24, 2.45) is 0 Å². The Labute approximate surface area is 152 Å². The number of hydrogen-bond donors (Lipinski definition) is 1. The minimum Gasteiger partial charge on any atom is -0.376 e. The lowest BCUT2D eigenvalue weighted by atomic mass is 10.2. The van der Waals surface area contributed by atoms with Crippen molar-refractivity contribution >= 4 is 17.0 Å². The second-order valence-corrected chi connectivity index (χ2v) is 6.92. The first-order chi connectivity index (χ1) is 12.9. The summed E-state index contributed by atoms with van der Waals surface area (Å²) in [7, 11) is 0. The van der Waals surface area contributed by atoms with Crippen LogP contribution in [0.5, 0.6) is 0 Å². The molecule has 0 radical (unpaired) electrons. The topological polar surface area (TPSA) is 94.6 Å². The lowest BCUT2D eigenvalue weighted by Crippen LogP contribution is -2.02. The number of thiophene rings is 1. The van der Waals surface area contributed by atoms with Gasteiger partial charge in [0.05, 0.1) is 12.6 Å². The molecule has 1 fully saturated rings. The molecule has 0 aliphatic heterocycles. The van der Waals surface area contributed by atoms with Crippen LogP contribution in [0.4, 0.5) is 5.69 Å². The zero-order valence-corrected chi connectivity index (χ0v) is 14.6. The minimum atomic E-state index is 0.436. The van der Waals surface area contributed by atoms with Crippen LogP contribution >= 0.6 is 11.3 Å². The number of nitrogens with one attached hydrogen (secondary N) is 1. The standard InChI is InChI=1S/C17H15N7OS/c1-2-11(17-20-22-23-24(17)14-4-5-14)8-13(3-1)18-9-15-19-16(21-25-15)12-6-7-26-10-12/h1-3,6-8,10,14,18H,4-5,9H2. The molecule has 3 aromatic heterocycles. The first kappa shape index (κ1) is 15.2. The maximum absolute atomic E-state index is 5.32. The lowest BCUT2D eigenvalue weighted by molar-refractivity contribution is 0.384. The van der Waals surface area contributed by atoms with Crippen molar-refractivity contribution in [3.8, 4) is 22.8 Å². The fourth-order valence-corrected chi connectivity index (χ4v) is 3.36. The van der Waals surface area contributed by atoms with E-state index in [9.17, 15) is 0 Å². The highest BCUT2D eigenvalue weighted by atomic mass is 32.1. The Morgan fingerprint density at radius 3 is 3.04 bits per heavy atom. The van der Waals surface area contributed by atoms with Gasteiger partial charge in [0.1, 0.15) is 0 Å². The number of benzene rings is 1. The Bertz CT molecular complexity index is 1020. The average molecular weight is 365 g/mol. The van der Waals surface area contributed by atoms with E-state index in [-0.39, 0.29) is 0 Å². The van der Waals surface area contributed by atoms with E-state index in [0.717, 1.165) is 35.5 Å². The molecule has 1 aromatic carbocycles. The number of aromatic nitrogens is 6. The van der Waals surface area contributed by atoms with Crippen LogP contribution < -0.4 is 5.32 Å². The third-order valence-electron chi connectivity index (χ3n) is 4.20. The van der Waals surface area contributed by atoms with Crippen molar-refractivity contribution in [1.29, 1.82) is 0 Å². The van der Waals surface area contributed by atoms with E-state index >= 15 is 0 Å². The van der Waals surface area contributed by atoms with E-state index in [1.54, 1.807) is 11.3 Å². The molecule has 5 rings (SSSR count). The summed E-state index contributed by atoms with van der Waals surface area (Å²) in [6, 6.07) is 10.4. The number of rotatable bonds is 6. The molecule has 1 aliphatic carbocycles. The molecule has 0 saturated heterocycles. The summed E-state index contributed by atoms with van der Waals surface area (Å²) in [5, 5.41) is 23.4. The van der Waals surface area contributed by atoms with Gasteiger partial charge in [0.25, 0.3) is 0 Å². The van der Waals surface area contributed by atoms with Gasteiger partial charge < -0.3 is 9.84 Å². The Hall–Kier alpha value is -3.07. The van der Waals surface area contributed by atoms with E-state index in [2.05, 4.69) is 31.0 Å². The van der Waals surface area contributed by atoms with Gasteiger partial charge in [-0.25, -0.2) is 4.68 Å². The summed E-state index contributed by atoms with van der Waals surface area (Å²) in [6.07, 6.45) is 2.28. The molecule has 8 nitrogen and oxygen atoms in total. The van der Waals surface area contributed by atoms with Gasteiger partial charge in [-0.05, 0) is 46.8 Å². The Morgan fingerprint density at radius 2 is 2.19 bits per heavy atom. The summed E-state index contributed by atoms with van der Waals surface area (Å²) in [4.78, 5) is 4.42. The van der Waals surface area contributed by atoms with E-state index in [1.165, 1.54) is 0 Å². The summed E-state index contributed by atoms with van der Waals surface area (Å²) in [5.74, 6) is 1.95. The molecule has 0 amide bonds. The van der Waals surface area contributed by atoms with Gasteiger partial charge in [0.2, 0.25) is 11.7 Å². The van der Waals surface area contributed by atoms with Gasteiger partial charge in [0, 0.05) is 22.2 Å². The molecular weight excluding hydrogens is 350 g/mol. The van der Waals surface area contributed by atoms with Gasteiger partial charge in [-0.2, -0.15) is 16.3 Å². The van der Waals surface area contributed by atoms with Crippen molar-refractivity contribution in [3.63, 3.8) is 0 Å². The Morgan fingerprint density at radius 1 is 1.23 bits per heavy atom. The smallest absolute Gasteiger partial charge is 0.246 e. The van der Waals surface area contributed by atoms with Crippen LogP contribution in [0.1, 0.15) is 24.8 Å². The molecule has 0 bridgehead atoms. The molecule has 0 spiro atoms. The van der Waals surface area contributed by atoms with Gasteiger partial charge in [-0.1, -0.05) is 17.3 Å². The van der Waals surface area contributed by atoms with Crippen molar-refractivity contribution in [2.45, 2.75) is 25.4 Å². The molecule has 0 unspecified atom stereocenters. The molecule has 9 heteroatoms. The Balaban J connectivity index is 1.31. The van der Waals surface area contributed by atoms with Crippen LogP contribution in [0.3, 0.4) is 0 Å². The predicted molar refractivity (Wildman–Crippen MR) is 96.5 cm³/mol. The van der Waals surface area contributed by atoms with Crippen LogP contribution in [0.25, 0.3) is 22.8 Å². The molecule has 26 heavy (non-hydrogen) atoms. The Kier molecular flexibility index (Phi) is 3.71. The zero-order valence-electron chi connectivity index (χ0n) is 13.7. The van der Waals surface area contributed by atoms with Gasteiger partial charge in [-0.3, -0.25) is 0 Å². The average Bonchev–Trinajstić information content (AvgIpc) is 3.13. The predicted octanol–water partition coefficient (Wildman–Crippen LogP) is 3.40. The third-order valence-corrected chi connectivity index (χ3v) is 4.88. The SMILES string of the molecule is c1cc(NCc2nc(-c3ccsc3)no2)cc(-c2nnnn2C2CC2)c1. The van der Waals surface area contributed by atoms with Gasteiger partial charge in [0.15, 0.2) is 5.82 Å². The first-order valence-electron chi connectivity index (χ1n) is 8.34. The molecule has 1 aliphatic rings. The molecular formula is C17H15N7OS. The number of anilines is 1. The third kappa shape index (κ3) is 2.97. The minimum absolute atomic E-state index is 0.436. The number of hydrogen-bond acceptors (Lipinski definition) is 8. The highest BCUT2D eigenvalue weighted by Crippen LogP contribution is 2.36. The first-order valence-corrected chi connectivity index (χ1v) is 9.28. The van der Waals surface area contributed by atoms with Crippen molar-refractivity contribution in [3.05, 3.63) is 47.0 Å². The molecule has 4 aromatic rings. The zero-order chi connectivity index (χ0) is 17.3. The summed E-state index contributed by atoms with van der Waals surface area (Å²) in [5.41, 5.74) is 2.90. The highest BCUT2D eigenvalue weighted by molar-refractivity contribution is 7.08. The van der Waals surface area contributed by atoms with Crippen molar-refractivity contribution < 1.29 is 4.52 Å². The van der Waals surface area contributed by atoms with Gasteiger partial charge >= 0.3 is 0 Å². The summed E-state index contributed by atoms with van der Waals surface area (Å²) < 4.78 is 7.22. The highest BCUT2D eigenvalue weighted by Gasteiger charge is 2.28. The monoisotopic (exact) mass is 365 g/mol. The van der Waals surface area contributed by atoms with Crippen molar-refractivity contribution in [1.82, 2.24) is 30.3 Å². The van der Waals surface area contributed by atoms with Crippen LogP contribution in [0.2, 0.25) is 0 Å². The quantitative estimate of drug-likeness (QED) is 0.559. The van der Waals surface area contributed by atoms with Crippen LogP contribution in [-0.2, 0) is 6.54 Å². The fraction of sp³-hybridized carbons (Fsp3) is 0.235. The maximum Gasteiger partial charge on any atom is 0.246 e. The largest absolute Gasteiger partial charge is 0.376 e.